The monoisotopic (exact) mass is 285 g/mol. The number of hydrogen-bond donors (Lipinski definition) is 1. The Morgan fingerprint density at radius 1 is 1.35 bits per heavy atom. The minimum absolute atomic E-state index is 0.257. The highest BCUT2D eigenvalue weighted by Crippen LogP contribution is 2.27. The van der Waals surface area contributed by atoms with E-state index in [1.54, 1.807) is 13.8 Å². The SMILES string of the molecule is Cc1cc(CN2CCCC(O)C2)cc(C)c1OC(F)F. The maximum Gasteiger partial charge on any atom is 0.387 e. The van der Waals surface area contributed by atoms with Crippen LogP contribution in [0, 0.1) is 13.8 Å². The van der Waals surface area contributed by atoms with Crippen molar-refractivity contribution in [1.82, 2.24) is 4.90 Å². The number of nitrogens with zero attached hydrogens (tertiary/aromatic N) is 1. The first-order chi connectivity index (χ1) is 9.45. The standard InChI is InChI=1S/C15H21F2NO2/c1-10-6-12(7-11(2)14(10)20-15(16)17)8-18-5-3-4-13(19)9-18/h6-7,13,15,19H,3-5,8-9H2,1-2H3. The molecule has 0 spiro atoms. The highest BCUT2D eigenvalue weighted by molar-refractivity contribution is 5.43. The molecule has 112 valence electrons. The van der Waals surface area contributed by atoms with Crippen LogP contribution in [0.5, 0.6) is 5.75 Å². The summed E-state index contributed by atoms with van der Waals surface area (Å²) >= 11 is 0. The van der Waals surface area contributed by atoms with Crippen LogP contribution in [0.3, 0.4) is 0 Å². The average molecular weight is 285 g/mol. The van der Waals surface area contributed by atoms with Crippen molar-refractivity contribution in [1.29, 1.82) is 0 Å². The van der Waals surface area contributed by atoms with Gasteiger partial charge in [-0.3, -0.25) is 4.90 Å². The first-order valence-corrected chi connectivity index (χ1v) is 6.91. The highest BCUT2D eigenvalue weighted by atomic mass is 19.3. The maximum absolute atomic E-state index is 12.3. The topological polar surface area (TPSA) is 32.7 Å². The number of alkyl halides is 2. The van der Waals surface area contributed by atoms with Crippen LogP contribution in [0.2, 0.25) is 0 Å². The van der Waals surface area contributed by atoms with E-state index >= 15 is 0 Å². The summed E-state index contributed by atoms with van der Waals surface area (Å²) in [6, 6.07) is 3.76. The van der Waals surface area contributed by atoms with E-state index in [0.29, 0.717) is 6.54 Å². The number of halogens is 2. The van der Waals surface area contributed by atoms with Gasteiger partial charge in [0.25, 0.3) is 0 Å². The van der Waals surface area contributed by atoms with Gasteiger partial charge in [0.05, 0.1) is 6.10 Å². The van der Waals surface area contributed by atoms with Gasteiger partial charge in [-0.05, 0) is 49.9 Å². The molecule has 2 rings (SSSR count). The molecule has 0 aliphatic carbocycles. The summed E-state index contributed by atoms with van der Waals surface area (Å²) in [4.78, 5) is 2.19. The Kier molecular flexibility index (Phi) is 4.94. The Balaban J connectivity index is 2.09. The third-order valence-electron chi connectivity index (χ3n) is 3.61. The Labute approximate surface area is 118 Å². The van der Waals surface area contributed by atoms with Crippen molar-refractivity contribution in [3.05, 3.63) is 28.8 Å². The number of likely N-dealkylation sites (tertiary alicyclic amines) is 1. The zero-order valence-electron chi connectivity index (χ0n) is 11.9. The van der Waals surface area contributed by atoms with Crippen LogP contribution in [0.4, 0.5) is 8.78 Å². The van der Waals surface area contributed by atoms with Crippen molar-refractivity contribution in [3.8, 4) is 5.75 Å². The molecule has 0 aromatic heterocycles. The maximum atomic E-state index is 12.3. The number of benzene rings is 1. The number of β-amino-alcohol motifs (C(OH)–C–C–N with tert-alkyl or cyclic N) is 1. The predicted molar refractivity (Wildman–Crippen MR) is 73.1 cm³/mol. The largest absolute Gasteiger partial charge is 0.434 e. The summed E-state index contributed by atoms with van der Waals surface area (Å²) < 4.78 is 29.2. The van der Waals surface area contributed by atoms with Gasteiger partial charge in [-0.25, -0.2) is 0 Å². The van der Waals surface area contributed by atoms with Crippen LogP contribution in [0.25, 0.3) is 0 Å². The summed E-state index contributed by atoms with van der Waals surface area (Å²) in [7, 11) is 0. The van der Waals surface area contributed by atoms with Crippen LogP contribution in [-0.2, 0) is 6.54 Å². The van der Waals surface area contributed by atoms with Gasteiger partial charge in [0.1, 0.15) is 5.75 Å². The number of rotatable bonds is 4. The number of hydrogen-bond acceptors (Lipinski definition) is 3. The lowest BCUT2D eigenvalue weighted by Crippen LogP contribution is -2.37. The second-order valence-corrected chi connectivity index (χ2v) is 5.47. The molecule has 0 saturated carbocycles. The molecule has 1 aliphatic rings. The molecule has 1 aromatic rings. The fraction of sp³-hybridized carbons (Fsp3) is 0.600. The van der Waals surface area contributed by atoms with Gasteiger partial charge in [0.2, 0.25) is 0 Å². The van der Waals surface area contributed by atoms with Crippen LogP contribution >= 0.6 is 0 Å². The lowest BCUT2D eigenvalue weighted by atomic mass is 10.0. The summed E-state index contributed by atoms with van der Waals surface area (Å²) in [6.07, 6.45) is 1.59. The van der Waals surface area contributed by atoms with Gasteiger partial charge in [0, 0.05) is 13.1 Å². The quantitative estimate of drug-likeness (QED) is 0.923. The number of ether oxygens (including phenoxy) is 1. The Morgan fingerprint density at radius 3 is 2.55 bits per heavy atom. The third kappa shape index (κ3) is 3.90. The Bertz CT molecular complexity index is 442. The molecule has 1 aromatic carbocycles. The molecular weight excluding hydrogens is 264 g/mol. The normalized spacial score (nSPS) is 20.4. The van der Waals surface area contributed by atoms with Crippen molar-refractivity contribution in [2.45, 2.75) is 45.9 Å². The van der Waals surface area contributed by atoms with Crippen LogP contribution in [-0.4, -0.2) is 35.8 Å². The van der Waals surface area contributed by atoms with Crippen molar-refractivity contribution in [3.63, 3.8) is 0 Å². The molecule has 0 bridgehead atoms. The van der Waals surface area contributed by atoms with Crippen LogP contribution in [0.1, 0.15) is 29.5 Å². The zero-order valence-corrected chi connectivity index (χ0v) is 11.9. The van der Waals surface area contributed by atoms with E-state index in [-0.39, 0.29) is 11.9 Å². The van der Waals surface area contributed by atoms with E-state index < -0.39 is 6.61 Å². The van der Waals surface area contributed by atoms with E-state index in [0.717, 1.165) is 42.6 Å². The first kappa shape index (κ1) is 15.2. The Morgan fingerprint density at radius 2 is 2.00 bits per heavy atom. The smallest absolute Gasteiger partial charge is 0.387 e. The van der Waals surface area contributed by atoms with Crippen LogP contribution in [0.15, 0.2) is 12.1 Å². The fourth-order valence-corrected chi connectivity index (χ4v) is 2.84. The average Bonchev–Trinajstić information content (AvgIpc) is 2.33. The predicted octanol–water partition coefficient (Wildman–Crippen LogP) is 2.86. The molecule has 5 heteroatoms. The highest BCUT2D eigenvalue weighted by Gasteiger charge is 2.18. The molecule has 1 atom stereocenters. The molecule has 3 nitrogen and oxygen atoms in total. The van der Waals surface area contributed by atoms with Crippen molar-refractivity contribution < 1.29 is 18.6 Å². The summed E-state index contributed by atoms with van der Waals surface area (Å²) in [6.45, 7) is 3.12. The van der Waals surface area contributed by atoms with Gasteiger partial charge in [0.15, 0.2) is 0 Å². The molecule has 20 heavy (non-hydrogen) atoms. The fourth-order valence-electron chi connectivity index (χ4n) is 2.84. The van der Waals surface area contributed by atoms with Gasteiger partial charge < -0.3 is 9.84 Å². The first-order valence-electron chi connectivity index (χ1n) is 6.91. The van der Waals surface area contributed by atoms with Crippen molar-refractivity contribution in [2.75, 3.05) is 13.1 Å². The van der Waals surface area contributed by atoms with E-state index in [1.165, 1.54) is 0 Å². The molecule has 1 aliphatic heterocycles. The van der Waals surface area contributed by atoms with Gasteiger partial charge in [-0.1, -0.05) is 12.1 Å². The molecule has 1 heterocycles. The van der Waals surface area contributed by atoms with Gasteiger partial charge in [-0.15, -0.1) is 0 Å². The summed E-state index contributed by atoms with van der Waals surface area (Å²) in [5, 5.41) is 9.67. The molecule has 0 radical (unpaired) electrons. The number of aliphatic hydroxyl groups is 1. The number of aliphatic hydroxyl groups excluding tert-OH is 1. The molecule has 1 fully saturated rings. The molecule has 1 unspecified atom stereocenters. The molecule has 1 saturated heterocycles. The van der Waals surface area contributed by atoms with E-state index in [2.05, 4.69) is 9.64 Å². The Hall–Kier alpha value is -1.20. The second-order valence-electron chi connectivity index (χ2n) is 5.47. The molecular formula is C15H21F2NO2. The summed E-state index contributed by atoms with van der Waals surface area (Å²) in [5.74, 6) is 0.266. The number of piperidine rings is 1. The van der Waals surface area contributed by atoms with Gasteiger partial charge >= 0.3 is 6.61 Å². The molecule has 1 N–H and O–H groups in total. The van der Waals surface area contributed by atoms with E-state index in [1.807, 2.05) is 12.1 Å². The summed E-state index contributed by atoms with van der Waals surface area (Å²) in [5.41, 5.74) is 2.51. The zero-order chi connectivity index (χ0) is 14.7. The lowest BCUT2D eigenvalue weighted by Gasteiger charge is -2.30. The third-order valence-corrected chi connectivity index (χ3v) is 3.61. The van der Waals surface area contributed by atoms with E-state index in [9.17, 15) is 13.9 Å². The van der Waals surface area contributed by atoms with Crippen molar-refractivity contribution in [2.24, 2.45) is 0 Å². The van der Waals surface area contributed by atoms with Gasteiger partial charge in [-0.2, -0.15) is 8.78 Å². The number of aryl methyl sites for hydroxylation is 2. The second kappa shape index (κ2) is 6.50. The van der Waals surface area contributed by atoms with Crippen LogP contribution < -0.4 is 4.74 Å². The minimum Gasteiger partial charge on any atom is -0.434 e. The minimum atomic E-state index is -2.80. The van der Waals surface area contributed by atoms with E-state index in [4.69, 9.17) is 0 Å². The van der Waals surface area contributed by atoms with Crippen molar-refractivity contribution >= 4 is 0 Å². The molecule has 0 amide bonds. The lowest BCUT2D eigenvalue weighted by molar-refractivity contribution is -0.0507.